The van der Waals surface area contributed by atoms with Gasteiger partial charge in [0, 0.05) is 6.42 Å². The zero-order valence-electron chi connectivity index (χ0n) is 15.2. The number of piperidine rings is 1. The van der Waals surface area contributed by atoms with Gasteiger partial charge in [0.1, 0.15) is 0 Å². The molecule has 0 saturated carbocycles. The summed E-state index contributed by atoms with van der Waals surface area (Å²) in [6.07, 6.45) is 2.86. The van der Waals surface area contributed by atoms with E-state index in [4.69, 9.17) is 0 Å². The van der Waals surface area contributed by atoms with Gasteiger partial charge in [-0.15, -0.1) is 0 Å². The van der Waals surface area contributed by atoms with Crippen molar-refractivity contribution in [3.8, 4) is 0 Å². The zero-order chi connectivity index (χ0) is 17.6. The van der Waals surface area contributed by atoms with Gasteiger partial charge in [-0.2, -0.15) is 0 Å². The Morgan fingerprint density at radius 1 is 1.04 bits per heavy atom. The maximum Gasteiger partial charge on any atom is 0.221 e. The molecule has 3 rings (SSSR count). The summed E-state index contributed by atoms with van der Waals surface area (Å²) in [5, 5.41) is 3.28. The average Bonchev–Trinajstić information content (AvgIpc) is 2.63. The molecule has 0 aliphatic carbocycles. The average molecular weight is 336 g/mol. The van der Waals surface area contributed by atoms with Crippen LogP contribution < -0.4 is 5.32 Å². The van der Waals surface area contributed by atoms with Crippen molar-refractivity contribution in [3.63, 3.8) is 0 Å². The largest absolute Gasteiger partial charge is 0.345 e. The molecule has 1 N–H and O–H groups in total. The molecule has 0 aromatic heterocycles. The van der Waals surface area contributed by atoms with Crippen LogP contribution in [-0.4, -0.2) is 30.9 Å². The molecule has 1 heterocycles. The lowest BCUT2D eigenvalue weighted by Crippen LogP contribution is -2.35. The Morgan fingerprint density at radius 2 is 1.64 bits per heavy atom. The summed E-state index contributed by atoms with van der Waals surface area (Å²) in [5.74, 6) is 0.662. The number of amides is 1. The van der Waals surface area contributed by atoms with E-state index in [1.165, 1.54) is 5.56 Å². The maximum atomic E-state index is 12.7. The van der Waals surface area contributed by atoms with Crippen LogP contribution in [-0.2, 0) is 4.79 Å². The van der Waals surface area contributed by atoms with Gasteiger partial charge in [0.15, 0.2) is 0 Å². The number of hydrogen-bond donors (Lipinski definition) is 1. The van der Waals surface area contributed by atoms with Crippen LogP contribution >= 0.6 is 0 Å². The highest BCUT2D eigenvalue weighted by molar-refractivity contribution is 5.77. The smallest absolute Gasteiger partial charge is 0.221 e. The van der Waals surface area contributed by atoms with E-state index in [9.17, 15) is 4.79 Å². The Labute approximate surface area is 151 Å². The molecule has 1 atom stereocenters. The molecular weight excluding hydrogens is 308 g/mol. The molecule has 0 spiro atoms. The molecule has 1 aliphatic heterocycles. The van der Waals surface area contributed by atoms with Gasteiger partial charge in [0.25, 0.3) is 0 Å². The molecule has 1 amide bonds. The molecule has 2 aromatic rings. The van der Waals surface area contributed by atoms with E-state index in [1.807, 2.05) is 18.2 Å². The van der Waals surface area contributed by atoms with Gasteiger partial charge in [-0.3, -0.25) is 4.79 Å². The Kier molecular flexibility index (Phi) is 5.87. The van der Waals surface area contributed by atoms with Crippen LogP contribution in [0.1, 0.15) is 42.0 Å². The Balaban J connectivity index is 1.71. The molecule has 0 bridgehead atoms. The monoisotopic (exact) mass is 336 g/mol. The van der Waals surface area contributed by atoms with E-state index < -0.39 is 0 Å². The van der Waals surface area contributed by atoms with Gasteiger partial charge in [0.2, 0.25) is 5.91 Å². The summed E-state index contributed by atoms with van der Waals surface area (Å²) >= 11 is 0. The van der Waals surface area contributed by atoms with Crippen LogP contribution in [0.3, 0.4) is 0 Å². The zero-order valence-corrected chi connectivity index (χ0v) is 15.2. The summed E-state index contributed by atoms with van der Waals surface area (Å²) < 4.78 is 0. The quantitative estimate of drug-likeness (QED) is 0.897. The predicted molar refractivity (Wildman–Crippen MR) is 102 cm³/mol. The summed E-state index contributed by atoms with van der Waals surface area (Å²) in [7, 11) is 2.15. The van der Waals surface area contributed by atoms with Crippen LogP contribution in [0.15, 0.2) is 54.6 Å². The number of carbonyl (C=O) groups is 1. The fourth-order valence-corrected chi connectivity index (χ4v) is 3.51. The fraction of sp³-hybridized carbons (Fsp3) is 0.409. The fourth-order valence-electron chi connectivity index (χ4n) is 3.51. The predicted octanol–water partition coefficient (Wildman–Crippen LogP) is 3.93. The number of likely N-dealkylation sites (tertiary alicyclic amines) is 1. The summed E-state index contributed by atoms with van der Waals surface area (Å²) in [6.45, 7) is 4.27. The number of carbonyl (C=O) groups excluding carboxylic acids is 1. The third kappa shape index (κ3) is 4.93. The van der Waals surface area contributed by atoms with Gasteiger partial charge in [-0.25, -0.2) is 0 Å². The van der Waals surface area contributed by atoms with E-state index >= 15 is 0 Å². The van der Waals surface area contributed by atoms with Crippen molar-refractivity contribution in [3.05, 3.63) is 71.3 Å². The SMILES string of the molecule is Cc1ccc([C@H](NC(=O)CC2CCN(C)CC2)c2ccccc2)cc1. The minimum atomic E-state index is -0.0828. The second-order valence-corrected chi connectivity index (χ2v) is 7.27. The highest BCUT2D eigenvalue weighted by Gasteiger charge is 2.22. The second-order valence-electron chi connectivity index (χ2n) is 7.27. The summed E-state index contributed by atoms with van der Waals surface area (Å²) in [6, 6.07) is 18.6. The first-order valence-corrected chi connectivity index (χ1v) is 9.21. The molecule has 25 heavy (non-hydrogen) atoms. The number of nitrogens with zero attached hydrogens (tertiary/aromatic N) is 1. The highest BCUT2D eigenvalue weighted by atomic mass is 16.1. The minimum absolute atomic E-state index is 0.0828. The van der Waals surface area contributed by atoms with Crippen LogP contribution in [0.25, 0.3) is 0 Å². The molecule has 0 unspecified atom stereocenters. The van der Waals surface area contributed by atoms with Crippen molar-refractivity contribution >= 4 is 5.91 Å². The molecule has 0 radical (unpaired) electrons. The molecule has 3 heteroatoms. The van der Waals surface area contributed by atoms with E-state index in [1.54, 1.807) is 0 Å². The van der Waals surface area contributed by atoms with Gasteiger partial charge in [-0.1, -0.05) is 60.2 Å². The van der Waals surface area contributed by atoms with Gasteiger partial charge in [0.05, 0.1) is 6.04 Å². The standard InChI is InChI=1S/C22H28N2O/c1-17-8-10-20(11-9-17)22(19-6-4-3-5-7-19)23-21(25)16-18-12-14-24(2)15-13-18/h3-11,18,22H,12-16H2,1-2H3,(H,23,25)/t22-/m1/s1. The van der Waals surface area contributed by atoms with Crippen molar-refractivity contribution < 1.29 is 4.79 Å². The van der Waals surface area contributed by atoms with Crippen LogP contribution in [0.5, 0.6) is 0 Å². The molecule has 132 valence electrons. The highest BCUT2D eigenvalue weighted by Crippen LogP contribution is 2.24. The molecule has 1 aliphatic rings. The second kappa shape index (κ2) is 8.30. The summed E-state index contributed by atoms with van der Waals surface area (Å²) in [5.41, 5.74) is 3.49. The minimum Gasteiger partial charge on any atom is -0.345 e. The number of rotatable bonds is 5. The van der Waals surface area contributed by atoms with Crippen LogP contribution in [0, 0.1) is 12.8 Å². The van der Waals surface area contributed by atoms with Crippen LogP contribution in [0.4, 0.5) is 0 Å². The van der Waals surface area contributed by atoms with Crippen molar-refractivity contribution in [2.24, 2.45) is 5.92 Å². The molecule has 3 nitrogen and oxygen atoms in total. The first-order chi connectivity index (χ1) is 12.1. The lowest BCUT2D eigenvalue weighted by atomic mass is 9.92. The van der Waals surface area contributed by atoms with Gasteiger partial charge >= 0.3 is 0 Å². The first kappa shape index (κ1) is 17.7. The van der Waals surface area contributed by atoms with Crippen molar-refractivity contribution in [1.29, 1.82) is 0 Å². The third-order valence-electron chi connectivity index (χ3n) is 5.16. The van der Waals surface area contributed by atoms with Crippen molar-refractivity contribution in [1.82, 2.24) is 10.2 Å². The summed E-state index contributed by atoms with van der Waals surface area (Å²) in [4.78, 5) is 15.0. The topological polar surface area (TPSA) is 32.3 Å². The van der Waals surface area contributed by atoms with E-state index in [2.05, 4.69) is 60.6 Å². The first-order valence-electron chi connectivity index (χ1n) is 9.21. The van der Waals surface area contributed by atoms with E-state index in [0.717, 1.165) is 37.1 Å². The molecular formula is C22H28N2O. The van der Waals surface area contributed by atoms with Gasteiger partial charge in [-0.05, 0) is 56.9 Å². The van der Waals surface area contributed by atoms with Gasteiger partial charge < -0.3 is 10.2 Å². The normalized spacial score (nSPS) is 17.2. The molecule has 2 aromatic carbocycles. The lowest BCUT2D eigenvalue weighted by molar-refractivity contribution is -0.122. The Morgan fingerprint density at radius 3 is 2.28 bits per heavy atom. The molecule has 1 saturated heterocycles. The third-order valence-corrected chi connectivity index (χ3v) is 5.16. The van der Waals surface area contributed by atoms with Crippen molar-refractivity contribution in [2.45, 2.75) is 32.2 Å². The maximum absolute atomic E-state index is 12.7. The Bertz CT molecular complexity index is 673. The lowest BCUT2D eigenvalue weighted by Gasteiger charge is -2.29. The van der Waals surface area contributed by atoms with E-state index in [0.29, 0.717) is 12.3 Å². The van der Waals surface area contributed by atoms with E-state index in [-0.39, 0.29) is 11.9 Å². The Hall–Kier alpha value is -2.13. The van der Waals surface area contributed by atoms with Crippen LogP contribution in [0.2, 0.25) is 0 Å². The number of hydrogen-bond acceptors (Lipinski definition) is 2. The molecule has 1 fully saturated rings. The van der Waals surface area contributed by atoms with Crippen molar-refractivity contribution in [2.75, 3.05) is 20.1 Å². The number of aryl methyl sites for hydroxylation is 1. The number of benzene rings is 2. The number of nitrogens with one attached hydrogen (secondary N) is 1.